The van der Waals surface area contributed by atoms with Crippen molar-refractivity contribution in [1.29, 1.82) is 0 Å². The fourth-order valence-electron chi connectivity index (χ4n) is 5.22. The third-order valence-electron chi connectivity index (χ3n) is 7.22. The van der Waals surface area contributed by atoms with Gasteiger partial charge in [0.25, 0.3) is 0 Å². The lowest BCUT2D eigenvalue weighted by Gasteiger charge is -2.43. The van der Waals surface area contributed by atoms with Gasteiger partial charge in [0, 0.05) is 5.92 Å². The zero-order valence-corrected chi connectivity index (χ0v) is 19.1. The number of benzene rings is 1. The number of aliphatic hydroxyl groups excluding tert-OH is 5. The second kappa shape index (κ2) is 9.43. The topological polar surface area (TPSA) is 197 Å². The minimum absolute atomic E-state index is 0.0957. The van der Waals surface area contributed by atoms with E-state index >= 15 is 0 Å². The van der Waals surface area contributed by atoms with Gasteiger partial charge in [-0.05, 0) is 24.3 Å². The van der Waals surface area contributed by atoms with Crippen molar-refractivity contribution in [3.8, 4) is 11.5 Å². The van der Waals surface area contributed by atoms with E-state index in [1.165, 1.54) is 31.6 Å². The second-order valence-corrected chi connectivity index (χ2v) is 9.22. The first-order valence-electron chi connectivity index (χ1n) is 11.4. The molecule has 3 heterocycles. The first-order chi connectivity index (χ1) is 17.2. The number of rotatable bonds is 7. The van der Waals surface area contributed by atoms with Crippen LogP contribution in [0, 0.1) is 11.8 Å². The molecule has 36 heavy (non-hydrogen) atoms. The normalized spacial score (nSPS) is 42.7. The first-order valence-corrected chi connectivity index (χ1v) is 11.4. The Balaban J connectivity index is 1.32. The van der Waals surface area contributed by atoms with E-state index in [-0.39, 0.29) is 23.7 Å². The van der Waals surface area contributed by atoms with Crippen molar-refractivity contribution in [2.45, 2.75) is 54.8 Å². The van der Waals surface area contributed by atoms with Gasteiger partial charge in [0.15, 0.2) is 17.8 Å². The van der Waals surface area contributed by atoms with Crippen LogP contribution in [-0.4, -0.2) is 112 Å². The molecule has 2 saturated heterocycles. The number of fused-ring (bicyclic) bond motifs is 3. The molecule has 11 atom stereocenters. The maximum absolute atomic E-state index is 12.7. The van der Waals surface area contributed by atoms with Crippen molar-refractivity contribution in [1.82, 2.24) is 0 Å². The highest BCUT2D eigenvalue weighted by Gasteiger charge is 2.76. The van der Waals surface area contributed by atoms with E-state index in [2.05, 4.69) is 0 Å². The maximum atomic E-state index is 12.7. The molecule has 1 aromatic rings. The second-order valence-electron chi connectivity index (χ2n) is 9.22. The Bertz CT molecular complexity index is 1010. The van der Waals surface area contributed by atoms with Gasteiger partial charge in [0.2, 0.25) is 6.29 Å². The van der Waals surface area contributed by atoms with Gasteiger partial charge in [-0.15, -0.1) is 0 Å². The maximum Gasteiger partial charge on any atom is 0.338 e. The summed E-state index contributed by atoms with van der Waals surface area (Å²) in [5.41, 5.74) is -1.04. The summed E-state index contributed by atoms with van der Waals surface area (Å²) >= 11 is 0. The van der Waals surface area contributed by atoms with E-state index in [0.29, 0.717) is 0 Å². The number of epoxide rings is 1. The molecule has 3 fully saturated rings. The number of aliphatic hydroxyl groups is 5. The van der Waals surface area contributed by atoms with Crippen LogP contribution in [0.3, 0.4) is 0 Å². The van der Waals surface area contributed by atoms with Gasteiger partial charge in [0.05, 0.1) is 37.6 Å². The molecule has 0 amide bonds. The number of esters is 1. The number of carbonyl (C=O) groups is 1. The van der Waals surface area contributed by atoms with Crippen molar-refractivity contribution in [3.05, 3.63) is 36.1 Å². The Morgan fingerprint density at radius 1 is 1.08 bits per heavy atom. The van der Waals surface area contributed by atoms with Crippen LogP contribution in [0.25, 0.3) is 0 Å². The number of phenols is 1. The van der Waals surface area contributed by atoms with Gasteiger partial charge in [0.1, 0.15) is 42.7 Å². The molecule has 1 saturated carbocycles. The van der Waals surface area contributed by atoms with E-state index in [1.807, 2.05) is 0 Å². The SMILES string of the molecule is COc1cc(C(=O)OC[C@@]23O[C@@H]2[C@H](O)[C@@H]2C=CO[C@@H](O[C@H]4O[C@@H](CO)[C@H](O)[C@@H](O)[C@@H]4O)[C@H]23)ccc1O. The first kappa shape index (κ1) is 25.2. The summed E-state index contributed by atoms with van der Waals surface area (Å²) in [6.45, 7) is -0.891. The Morgan fingerprint density at radius 3 is 2.58 bits per heavy atom. The Labute approximate surface area is 205 Å². The molecule has 1 aliphatic carbocycles. The van der Waals surface area contributed by atoms with Crippen LogP contribution in [0.15, 0.2) is 30.5 Å². The molecule has 4 aliphatic rings. The molecule has 198 valence electrons. The molecule has 0 aromatic heterocycles. The van der Waals surface area contributed by atoms with Crippen molar-refractivity contribution in [2.75, 3.05) is 20.3 Å². The summed E-state index contributed by atoms with van der Waals surface area (Å²) in [6.07, 6.45) is -7.35. The van der Waals surface area contributed by atoms with Crippen molar-refractivity contribution in [3.63, 3.8) is 0 Å². The predicted octanol–water partition coefficient (Wildman–Crippen LogP) is -2.01. The molecule has 0 radical (unpaired) electrons. The Morgan fingerprint density at radius 2 is 1.86 bits per heavy atom. The molecule has 0 spiro atoms. The Hall–Kier alpha value is -2.49. The summed E-state index contributed by atoms with van der Waals surface area (Å²) < 4.78 is 33.1. The molecular formula is C23H28O13. The molecule has 6 N–H and O–H groups in total. The fraction of sp³-hybridized carbons (Fsp3) is 0.609. The number of ether oxygens (including phenoxy) is 6. The van der Waals surface area contributed by atoms with Crippen LogP contribution in [-0.2, 0) is 23.7 Å². The van der Waals surface area contributed by atoms with Gasteiger partial charge >= 0.3 is 5.97 Å². The van der Waals surface area contributed by atoms with E-state index in [4.69, 9.17) is 28.4 Å². The Kier molecular flexibility index (Phi) is 6.59. The molecule has 1 aromatic carbocycles. The number of methoxy groups -OCH3 is 1. The van der Waals surface area contributed by atoms with Crippen LogP contribution in [0.2, 0.25) is 0 Å². The average molecular weight is 512 g/mol. The van der Waals surface area contributed by atoms with Gasteiger partial charge in [-0.25, -0.2) is 4.79 Å². The smallest absolute Gasteiger partial charge is 0.338 e. The van der Waals surface area contributed by atoms with Gasteiger partial charge in [-0.2, -0.15) is 0 Å². The highest BCUT2D eigenvalue weighted by molar-refractivity contribution is 5.90. The standard InChI is InChI=1S/C23H28O13/c1-31-12-6-9(2-3-11(12)25)20(30)33-8-23-14-10(15(26)19(23)36-23)4-5-32-21(14)35-22-18(29)17(28)16(27)13(7-24)34-22/h2-6,10,13-19,21-22,24-29H,7-8H2,1H3/t10-,13+,14+,15-,16+,17-,18+,19-,21+,22-,23+/m1/s1. The monoisotopic (exact) mass is 512 g/mol. The zero-order chi connectivity index (χ0) is 25.8. The fourth-order valence-corrected chi connectivity index (χ4v) is 5.22. The van der Waals surface area contributed by atoms with E-state index in [1.54, 1.807) is 6.08 Å². The lowest BCUT2D eigenvalue weighted by molar-refractivity contribution is -0.344. The summed E-state index contributed by atoms with van der Waals surface area (Å²) in [4.78, 5) is 12.7. The quantitative estimate of drug-likeness (QED) is 0.173. The minimum Gasteiger partial charge on any atom is -0.504 e. The third-order valence-corrected chi connectivity index (χ3v) is 7.22. The van der Waals surface area contributed by atoms with E-state index < -0.39 is 79.2 Å². The van der Waals surface area contributed by atoms with E-state index in [9.17, 15) is 35.4 Å². The largest absolute Gasteiger partial charge is 0.504 e. The lowest BCUT2D eigenvalue weighted by Crippen LogP contribution is -2.60. The molecular weight excluding hydrogens is 484 g/mol. The van der Waals surface area contributed by atoms with Crippen molar-refractivity contribution in [2.24, 2.45) is 11.8 Å². The summed E-state index contributed by atoms with van der Waals surface area (Å²) in [5.74, 6) is -1.96. The van der Waals surface area contributed by atoms with Crippen LogP contribution in [0.4, 0.5) is 0 Å². The van der Waals surface area contributed by atoms with Crippen LogP contribution in [0.1, 0.15) is 10.4 Å². The van der Waals surface area contributed by atoms with Crippen molar-refractivity contribution < 1.29 is 63.9 Å². The molecule has 3 aliphatic heterocycles. The molecule has 0 unspecified atom stereocenters. The number of hydrogen-bond donors (Lipinski definition) is 6. The van der Waals surface area contributed by atoms with Gasteiger partial charge in [-0.1, -0.05) is 0 Å². The van der Waals surface area contributed by atoms with Crippen molar-refractivity contribution >= 4 is 5.97 Å². The van der Waals surface area contributed by atoms with Crippen LogP contribution < -0.4 is 4.74 Å². The van der Waals surface area contributed by atoms with Gasteiger partial charge < -0.3 is 59.1 Å². The lowest BCUT2D eigenvalue weighted by atomic mass is 9.85. The number of hydrogen-bond acceptors (Lipinski definition) is 13. The number of carbonyl (C=O) groups excluding carboxylic acids is 1. The zero-order valence-electron chi connectivity index (χ0n) is 19.1. The van der Waals surface area contributed by atoms with Crippen LogP contribution >= 0.6 is 0 Å². The predicted molar refractivity (Wildman–Crippen MR) is 114 cm³/mol. The summed E-state index contributed by atoms with van der Waals surface area (Å²) in [7, 11) is 1.35. The molecule has 13 nitrogen and oxygen atoms in total. The summed E-state index contributed by atoms with van der Waals surface area (Å²) in [5, 5.41) is 60.4. The minimum atomic E-state index is -1.66. The number of aromatic hydroxyl groups is 1. The summed E-state index contributed by atoms with van der Waals surface area (Å²) in [6, 6.07) is 3.99. The molecule has 13 heteroatoms. The highest BCUT2D eigenvalue weighted by Crippen LogP contribution is 2.60. The highest BCUT2D eigenvalue weighted by atomic mass is 16.8. The molecule has 0 bridgehead atoms. The van der Waals surface area contributed by atoms with E-state index in [0.717, 1.165) is 0 Å². The van der Waals surface area contributed by atoms with Crippen LogP contribution in [0.5, 0.6) is 11.5 Å². The van der Waals surface area contributed by atoms with Gasteiger partial charge in [-0.3, -0.25) is 0 Å². The average Bonchev–Trinajstić information content (AvgIpc) is 3.57. The molecule has 5 rings (SSSR count). The third kappa shape index (κ3) is 4.01. The number of phenolic OH excluding ortho intramolecular Hbond substituents is 1.